The van der Waals surface area contributed by atoms with E-state index < -0.39 is 11.7 Å². The summed E-state index contributed by atoms with van der Waals surface area (Å²) in [6.07, 6.45) is 1.58. The van der Waals surface area contributed by atoms with Gasteiger partial charge in [-0.1, -0.05) is 71.4 Å². The van der Waals surface area contributed by atoms with Gasteiger partial charge in [-0.05, 0) is 48.0 Å². The van der Waals surface area contributed by atoms with Crippen molar-refractivity contribution in [2.75, 3.05) is 4.90 Å². The van der Waals surface area contributed by atoms with Crippen LogP contribution in [0.3, 0.4) is 0 Å². The molecule has 0 spiro atoms. The zero-order valence-corrected chi connectivity index (χ0v) is 20.2. The molecule has 0 saturated heterocycles. The topological polar surface area (TPSA) is 71.6 Å². The first-order chi connectivity index (χ1) is 17.0. The van der Waals surface area contributed by atoms with Crippen LogP contribution in [0.5, 0.6) is 0 Å². The number of nitrogens with zero attached hydrogens (tertiary/aromatic N) is 4. The zero-order valence-electron chi connectivity index (χ0n) is 17.9. The fourth-order valence-electron chi connectivity index (χ4n) is 3.33. The number of hydrogen-bond acceptors (Lipinski definition) is 6. The van der Waals surface area contributed by atoms with Crippen LogP contribution in [-0.4, -0.2) is 21.3 Å². The van der Waals surface area contributed by atoms with Gasteiger partial charge in [-0.3, -0.25) is 9.69 Å². The highest BCUT2D eigenvalue weighted by Gasteiger charge is 2.34. The Hall–Kier alpha value is -3.46. The molecule has 10 heteroatoms. The quantitative estimate of drug-likeness (QED) is 0.266. The number of aliphatic imine (C=N–C) groups is 1. The maximum atomic E-state index is 14.6. The van der Waals surface area contributed by atoms with Crippen molar-refractivity contribution in [2.24, 2.45) is 4.99 Å². The Morgan fingerprint density at radius 3 is 2.51 bits per heavy atom. The number of anilines is 1. The third-order valence-electron chi connectivity index (χ3n) is 4.98. The number of hydrogen-bond donors (Lipinski definition) is 0. The van der Waals surface area contributed by atoms with Crippen LogP contribution in [0.1, 0.15) is 11.5 Å². The second-order valence-corrected chi connectivity index (χ2v) is 9.10. The Balaban J connectivity index is 1.44. The third kappa shape index (κ3) is 5.00. The molecule has 1 aliphatic rings. The van der Waals surface area contributed by atoms with Crippen molar-refractivity contribution in [2.45, 2.75) is 5.75 Å². The van der Waals surface area contributed by atoms with Crippen LogP contribution in [0.15, 0.2) is 87.9 Å². The largest absolute Gasteiger partial charge is 0.420 e. The van der Waals surface area contributed by atoms with Crippen molar-refractivity contribution in [3.8, 4) is 11.5 Å². The zero-order chi connectivity index (χ0) is 24.4. The summed E-state index contributed by atoms with van der Waals surface area (Å²) in [5.41, 5.74) is 1.65. The second kappa shape index (κ2) is 10.0. The highest BCUT2D eigenvalue weighted by Crippen LogP contribution is 2.33. The lowest BCUT2D eigenvalue weighted by Gasteiger charge is -2.17. The molecule has 0 aliphatic carbocycles. The van der Waals surface area contributed by atoms with Gasteiger partial charge in [0, 0.05) is 5.56 Å². The molecule has 2 heterocycles. The third-order valence-corrected chi connectivity index (χ3v) is 6.64. The SMILES string of the molecule is O=C1/C(=C/c2ccc(Cl)c(Cl)c2)N=C(SCc2nnc(-c3ccccc3)o2)N1c1ccccc1F. The standard InChI is InChI=1S/C25H15Cl2FN4O2S/c26-17-11-10-15(12-18(17)27)13-20-24(33)32(21-9-5-4-8-19(21)28)25(29-20)35-14-22-30-31-23(34-22)16-6-2-1-3-7-16/h1-13H,14H2/b20-13-. The summed E-state index contributed by atoms with van der Waals surface area (Å²) in [5, 5.41) is 9.19. The van der Waals surface area contributed by atoms with E-state index in [0.29, 0.717) is 27.4 Å². The molecule has 1 aliphatic heterocycles. The molecule has 1 amide bonds. The number of benzene rings is 3. The summed E-state index contributed by atoms with van der Waals surface area (Å²) in [6, 6.07) is 20.4. The maximum absolute atomic E-state index is 14.6. The van der Waals surface area contributed by atoms with Gasteiger partial charge in [0.25, 0.3) is 5.91 Å². The summed E-state index contributed by atoms with van der Waals surface area (Å²) >= 11 is 13.3. The van der Waals surface area contributed by atoms with Gasteiger partial charge >= 0.3 is 0 Å². The first-order valence-electron chi connectivity index (χ1n) is 10.3. The number of aromatic nitrogens is 2. The molecule has 5 rings (SSSR count). The van der Waals surface area contributed by atoms with Gasteiger partial charge in [0.1, 0.15) is 11.5 Å². The summed E-state index contributed by atoms with van der Waals surface area (Å²) in [7, 11) is 0. The lowest BCUT2D eigenvalue weighted by Crippen LogP contribution is -2.31. The van der Waals surface area contributed by atoms with Crippen LogP contribution in [0.4, 0.5) is 10.1 Å². The molecule has 0 bridgehead atoms. The summed E-state index contributed by atoms with van der Waals surface area (Å²) < 4.78 is 20.4. The lowest BCUT2D eigenvalue weighted by atomic mass is 10.2. The second-order valence-electron chi connectivity index (χ2n) is 7.35. The molecular weight excluding hydrogens is 510 g/mol. The van der Waals surface area contributed by atoms with E-state index in [1.54, 1.807) is 36.4 Å². The van der Waals surface area contributed by atoms with E-state index in [1.165, 1.54) is 28.8 Å². The molecule has 3 aromatic carbocycles. The Labute approximate surface area is 214 Å². The predicted molar refractivity (Wildman–Crippen MR) is 137 cm³/mol. The van der Waals surface area contributed by atoms with E-state index in [2.05, 4.69) is 15.2 Å². The highest BCUT2D eigenvalue weighted by atomic mass is 35.5. The minimum absolute atomic E-state index is 0.0943. The van der Waals surface area contributed by atoms with Gasteiger partial charge in [0.05, 0.1) is 21.5 Å². The monoisotopic (exact) mass is 524 g/mol. The van der Waals surface area contributed by atoms with E-state index in [4.69, 9.17) is 27.6 Å². The minimum atomic E-state index is -0.547. The van der Waals surface area contributed by atoms with E-state index in [1.807, 2.05) is 30.3 Å². The van der Waals surface area contributed by atoms with E-state index in [-0.39, 0.29) is 22.3 Å². The van der Waals surface area contributed by atoms with Crippen molar-refractivity contribution in [3.05, 3.63) is 106 Å². The number of rotatable bonds is 5. The first kappa shape index (κ1) is 23.3. The molecule has 4 aromatic rings. The fraction of sp³-hybridized carbons (Fsp3) is 0.0400. The smallest absolute Gasteiger partial charge is 0.283 e. The van der Waals surface area contributed by atoms with Crippen molar-refractivity contribution in [3.63, 3.8) is 0 Å². The van der Waals surface area contributed by atoms with Crippen molar-refractivity contribution < 1.29 is 13.6 Å². The normalized spacial score (nSPS) is 14.6. The fourth-order valence-corrected chi connectivity index (χ4v) is 4.48. The molecule has 35 heavy (non-hydrogen) atoms. The molecular formula is C25H15Cl2FN4O2S. The van der Waals surface area contributed by atoms with Crippen LogP contribution in [0, 0.1) is 5.82 Å². The molecule has 1 aromatic heterocycles. The number of amides is 1. The van der Waals surface area contributed by atoms with Gasteiger partial charge < -0.3 is 4.42 Å². The molecule has 0 saturated carbocycles. The van der Waals surface area contributed by atoms with E-state index in [0.717, 1.165) is 5.56 Å². The van der Waals surface area contributed by atoms with Crippen molar-refractivity contribution in [1.82, 2.24) is 10.2 Å². The van der Waals surface area contributed by atoms with Gasteiger partial charge in [0.2, 0.25) is 11.8 Å². The Morgan fingerprint density at radius 2 is 1.74 bits per heavy atom. The predicted octanol–water partition coefficient (Wildman–Crippen LogP) is 6.86. The Kier molecular flexibility index (Phi) is 6.68. The van der Waals surface area contributed by atoms with Crippen molar-refractivity contribution >= 4 is 57.8 Å². The Bertz CT molecular complexity index is 1470. The number of amidine groups is 1. The van der Waals surface area contributed by atoms with Gasteiger partial charge in [-0.15, -0.1) is 10.2 Å². The van der Waals surface area contributed by atoms with E-state index >= 15 is 0 Å². The number of halogens is 3. The first-order valence-corrected chi connectivity index (χ1v) is 12.1. The van der Waals surface area contributed by atoms with Crippen LogP contribution < -0.4 is 4.90 Å². The summed E-state index contributed by atoms with van der Waals surface area (Å²) in [4.78, 5) is 19.0. The van der Waals surface area contributed by atoms with E-state index in [9.17, 15) is 9.18 Å². The number of thioether (sulfide) groups is 1. The average molecular weight is 525 g/mol. The number of para-hydroxylation sites is 1. The summed E-state index contributed by atoms with van der Waals surface area (Å²) in [5.74, 6) is -0.0544. The molecule has 0 radical (unpaired) electrons. The Morgan fingerprint density at radius 1 is 0.971 bits per heavy atom. The lowest BCUT2D eigenvalue weighted by molar-refractivity contribution is -0.113. The number of carbonyl (C=O) groups is 1. The molecule has 0 unspecified atom stereocenters. The molecule has 0 atom stereocenters. The minimum Gasteiger partial charge on any atom is -0.420 e. The highest BCUT2D eigenvalue weighted by molar-refractivity contribution is 8.13. The van der Waals surface area contributed by atoms with Crippen molar-refractivity contribution in [1.29, 1.82) is 0 Å². The van der Waals surface area contributed by atoms with Crippen LogP contribution >= 0.6 is 35.0 Å². The molecule has 0 fully saturated rings. The average Bonchev–Trinajstić information content (AvgIpc) is 3.46. The van der Waals surface area contributed by atoms with Crippen LogP contribution in [0.25, 0.3) is 17.5 Å². The van der Waals surface area contributed by atoms with Crippen LogP contribution in [0.2, 0.25) is 10.0 Å². The van der Waals surface area contributed by atoms with Gasteiger partial charge in [0.15, 0.2) is 5.17 Å². The van der Waals surface area contributed by atoms with Gasteiger partial charge in [-0.2, -0.15) is 0 Å². The molecule has 174 valence electrons. The van der Waals surface area contributed by atoms with Crippen LogP contribution in [-0.2, 0) is 10.5 Å². The maximum Gasteiger partial charge on any atom is 0.283 e. The summed E-state index contributed by atoms with van der Waals surface area (Å²) in [6.45, 7) is 0. The van der Waals surface area contributed by atoms with Gasteiger partial charge in [-0.25, -0.2) is 9.38 Å². The molecule has 6 nitrogen and oxygen atoms in total. The molecule has 0 N–H and O–H groups in total. The number of carbonyl (C=O) groups excluding carboxylic acids is 1.